The van der Waals surface area contributed by atoms with Crippen molar-refractivity contribution in [3.8, 4) is 5.75 Å². The molecule has 8 nitrogen and oxygen atoms in total. The standard InChI is InChI=1S/C24H20FN3O5/c1-32-17-10-11-21-18(13-17)22(29)28(24(31)26-20-9-4-3-8-19(20)25)27(21)14-15-6-5-7-16(12-15)23(30)33-2/h3-13H,14H2,1-2H3,(H,26,31). The minimum Gasteiger partial charge on any atom is -0.497 e. The van der Waals surface area contributed by atoms with Crippen molar-refractivity contribution < 1.29 is 23.5 Å². The third-order valence-electron chi connectivity index (χ3n) is 5.13. The van der Waals surface area contributed by atoms with Crippen molar-refractivity contribution in [1.82, 2.24) is 9.36 Å². The third-order valence-corrected chi connectivity index (χ3v) is 5.13. The molecule has 168 valence electrons. The summed E-state index contributed by atoms with van der Waals surface area (Å²) in [5.41, 5.74) is 0.794. The first-order valence-corrected chi connectivity index (χ1v) is 9.95. The van der Waals surface area contributed by atoms with E-state index in [2.05, 4.69) is 5.32 Å². The molecule has 0 fully saturated rings. The van der Waals surface area contributed by atoms with Gasteiger partial charge in [-0.2, -0.15) is 4.68 Å². The fraction of sp³-hybridized carbons (Fsp3) is 0.125. The van der Waals surface area contributed by atoms with Gasteiger partial charge in [0.2, 0.25) is 0 Å². The maximum absolute atomic E-state index is 14.1. The second-order valence-electron chi connectivity index (χ2n) is 7.16. The van der Waals surface area contributed by atoms with Gasteiger partial charge in [0.25, 0.3) is 5.56 Å². The van der Waals surface area contributed by atoms with E-state index in [0.29, 0.717) is 22.4 Å². The lowest BCUT2D eigenvalue weighted by atomic mass is 10.1. The number of ether oxygens (including phenoxy) is 2. The van der Waals surface area contributed by atoms with Gasteiger partial charge in [-0.1, -0.05) is 24.3 Å². The highest BCUT2D eigenvalue weighted by molar-refractivity contribution is 5.94. The largest absolute Gasteiger partial charge is 0.497 e. The SMILES string of the molecule is COC(=O)c1cccc(Cn2c3ccc(OC)cc3c(=O)n2C(=O)Nc2ccccc2F)c1. The number of halogens is 1. The highest BCUT2D eigenvalue weighted by atomic mass is 19.1. The van der Waals surface area contributed by atoms with Gasteiger partial charge < -0.3 is 14.8 Å². The van der Waals surface area contributed by atoms with Crippen molar-refractivity contribution in [2.75, 3.05) is 19.5 Å². The van der Waals surface area contributed by atoms with Gasteiger partial charge in [-0.25, -0.2) is 14.0 Å². The van der Waals surface area contributed by atoms with Crippen molar-refractivity contribution in [1.29, 1.82) is 0 Å². The van der Waals surface area contributed by atoms with E-state index in [-0.39, 0.29) is 17.6 Å². The molecule has 0 atom stereocenters. The van der Waals surface area contributed by atoms with Crippen molar-refractivity contribution in [3.63, 3.8) is 0 Å². The zero-order chi connectivity index (χ0) is 23.5. The molecule has 0 aliphatic heterocycles. The van der Waals surface area contributed by atoms with Crippen LogP contribution in [-0.4, -0.2) is 35.6 Å². The van der Waals surface area contributed by atoms with Crippen molar-refractivity contribution >= 4 is 28.6 Å². The number of anilines is 1. The average Bonchev–Trinajstić information content (AvgIpc) is 3.10. The van der Waals surface area contributed by atoms with E-state index in [9.17, 15) is 18.8 Å². The van der Waals surface area contributed by atoms with Gasteiger partial charge in [0.05, 0.1) is 42.9 Å². The Kier molecular flexibility index (Phi) is 5.95. The van der Waals surface area contributed by atoms with Crippen LogP contribution in [0.5, 0.6) is 5.75 Å². The van der Waals surface area contributed by atoms with Gasteiger partial charge >= 0.3 is 12.0 Å². The number of fused-ring (bicyclic) bond motifs is 1. The molecule has 0 aliphatic carbocycles. The molecule has 1 aromatic heterocycles. The molecule has 1 amide bonds. The number of nitrogens with one attached hydrogen (secondary N) is 1. The van der Waals surface area contributed by atoms with Gasteiger partial charge in [0.15, 0.2) is 0 Å². The van der Waals surface area contributed by atoms with E-state index >= 15 is 0 Å². The van der Waals surface area contributed by atoms with Gasteiger partial charge in [-0.15, -0.1) is 0 Å². The zero-order valence-corrected chi connectivity index (χ0v) is 17.9. The molecule has 0 unspecified atom stereocenters. The van der Waals surface area contributed by atoms with E-state index < -0.39 is 23.4 Å². The first-order chi connectivity index (χ1) is 15.9. The second-order valence-corrected chi connectivity index (χ2v) is 7.16. The topological polar surface area (TPSA) is 91.6 Å². The lowest BCUT2D eigenvalue weighted by Crippen LogP contribution is -2.34. The predicted octanol–water partition coefficient (Wildman–Crippen LogP) is 3.87. The zero-order valence-electron chi connectivity index (χ0n) is 17.9. The van der Waals surface area contributed by atoms with Gasteiger partial charge in [-0.3, -0.25) is 9.48 Å². The quantitative estimate of drug-likeness (QED) is 0.467. The van der Waals surface area contributed by atoms with Crippen molar-refractivity contribution in [3.05, 3.63) is 94.0 Å². The van der Waals surface area contributed by atoms with Crippen LogP contribution in [0.1, 0.15) is 15.9 Å². The summed E-state index contributed by atoms with van der Waals surface area (Å²) in [6.45, 7) is 0.0839. The van der Waals surface area contributed by atoms with E-state index in [1.165, 1.54) is 43.2 Å². The molecule has 4 aromatic rings. The molecule has 0 spiro atoms. The Morgan fingerprint density at radius 3 is 2.52 bits per heavy atom. The van der Waals surface area contributed by atoms with Crippen molar-refractivity contribution in [2.24, 2.45) is 0 Å². The Labute approximate surface area is 187 Å². The molecule has 0 saturated heterocycles. The minimum atomic E-state index is -0.829. The highest BCUT2D eigenvalue weighted by Crippen LogP contribution is 2.21. The first kappa shape index (κ1) is 21.8. The smallest absolute Gasteiger partial charge is 0.348 e. The normalized spacial score (nSPS) is 10.8. The first-order valence-electron chi connectivity index (χ1n) is 9.95. The van der Waals surface area contributed by atoms with Crippen LogP contribution in [0.25, 0.3) is 10.9 Å². The van der Waals surface area contributed by atoms with Crippen LogP contribution in [0.4, 0.5) is 14.9 Å². The summed E-state index contributed by atoms with van der Waals surface area (Å²) in [4.78, 5) is 38.2. The number of amides is 1. The maximum Gasteiger partial charge on any atom is 0.348 e. The Morgan fingerprint density at radius 1 is 1.00 bits per heavy atom. The molecular formula is C24H20FN3O5. The predicted molar refractivity (Wildman–Crippen MR) is 120 cm³/mol. The number of hydrogen-bond acceptors (Lipinski definition) is 5. The molecule has 1 heterocycles. The average molecular weight is 449 g/mol. The molecule has 3 aromatic carbocycles. The molecule has 4 rings (SSSR count). The minimum absolute atomic E-state index is 0.0588. The number of hydrogen-bond donors (Lipinski definition) is 1. The van der Waals surface area contributed by atoms with E-state index in [1.807, 2.05) is 0 Å². The number of aromatic nitrogens is 2. The van der Waals surface area contributed by atoms with Crippen LogP contribution >= 0.6 is 0 Å². The number of rotatable bonds is 5. The van der Waals surface area contributed by atoms with E-state index in [4.69, 9.17) is 9.47 Å². The van der Waals surface area contributed by atoms with E-state index in [1.54, 1.807) is 42.5 Å². The number of carbonyl (C=O) groups excluding carboxylic acids is 2. The second kappa shape index (κ2) is 8.99. The van der Waals surface area contributed by atoms with Crippen LogP contribution in [-0.2, 0) is 11.3 Å². The maximum atomic E-state index is 14.1. The lowest BCUT2D eigenvalue weighted by molar-refractivity contribution is 0.0600. The van der Waals surface area contributed by atoms with Crippen molar-refractivity contribution in [2.45, 2.75) is 6.54 Å². The number of benzene rings is 3. The molecule has 33 heavy (non-hydrogen) atoms. The summed E-state index contributed by atoms with van der Waals surface area (Å²) in [6.07, 6.45) is 0. The highest BCUT2D eigenvalue weighted by Gasteiger charge is 2.21. The van der Waals surface area contributed by atoms with Crippen LogP contribution < -0.4 is 15.6 Å². The Morgan fingerprint density at radius 2 is 1.79 bits per heavy atom. The summed E-state index contributed by atoms with van der Waals surface area (Å²) in [5.74, 6) is -0.686. The van der Waals surface area contributed by atoms with Gasteiger partial charge in [0, 0.05) is 0 Å². The third kappa shape index (κ3) is 4.20. The molecule has 0 aliphatic rings. The summed E-state index contributed by atoms with van der Waals surface area (Å²) in [5, 5.41) is 2.70. The molecule has 0 bridgehead atoms. The van der Waals surface area contributed by atoms with Crippen LogP contribution in [0.15, 0.2) is 71.5 Å². The van der Waals surface area contributed by atoms with Crippen LogP contribution in [0.3, 0.4) is 0 Å². The number of carbonyl (C=O) groups is 2. The monoisotopic (exact) mass is 449 g/mol. The van der Waals surface area contributed by atoms with Crippen LogP contribution in [0.2, 0.25) is 0 Å². The molecule has 0 radical (unpaired) electrons. The number of nitrogens with zero attached hydrogens (tertiary/aromatic N) is 2. The number of esters is 1. The number of para-hydroxylation sites is 1. The Balaban J connectivity index is 1.84. The fourth-order valence-corrected chi connectivity index (χ4v) is 3.55. The van der Waals surface area contributed by atoms with Gasteiger partial charge in [0.1, 0.15) is 11.6 Å². The molecule has 1 N–H and O–H groups in total. The van der Waals surface area contributed by atoms with Crippen LogP contribution in [0, 0.1) is 5.82 Å². The Bertz CT molecular complexity index is 1420. The Hall–Kier alpha value is -4.40. The summed E-state index contributed by atoms with van der Waals surface area (Å²) in [6, 6.07) is 16.4. The molecule has 0 saturated carbocycles. The molecular weight excluding hydrogens is 429 g/mol. The number of methoxy groups -OCH3 is 2. The summed E-state index contributed by atoms with van der Waals surface area (Å²) in [7, 11) is 2.76. The van der Waals surface area contributed by atoms with E-state index in [0.717, 1.165) is 4.68 Å². The fourth-order valence-electron chi connectivity index (χ4n) is 3.55. The lowest BCUT2D eigenvalue weighted by Gasteiger charge is -2.14. The van der Waals surface area contributed by atoms with Gasteiger partial charge in [-0.05, 0) is 48.0 Å². The molecule has 9 heteroatoms. The summed E-state index contributed by atoms with van der Waals surface area (Å²) >= 11 is 0. The summed E-state index contributed by atoms with van der Waals surface area (Å²) < 4.78 is 26.4.